The summed E-state index contributed by atoms with van der Waals surface area (Å²) < 4.78 is 27.8. The highest BCUT2D eigenvalue weighted by Gasteiger charge is 2.21. The van der Waals surface area contributed by atoms with Crippen LogP contribution in [0.1, 0.15) is 21.5 Å². The minimum Gasteiger partial charge on any atom is -0.377 e. The number of sulfonamides is 1. The van der Waals surface area contributed by atoms with Gasteiger partial charge >= 0.3 is 0 Å². The summed E-state index contributed by atoms with van der Waals surface area (Å²) >= 11 is 3.52. The van der Waals surface area contributed by atoms with E-state index in [-0.39, 0.29) is 4.90 Å². The number of hydrogen-bond donors (Lipinski definition) is 1. The van der Waals surface area contributed by atoms with E-state index < -0.39 is 15.9 Å². The van der Waals surface area contributed by atoms with Gasteiger partial charge in [-0.05, 0) is 76.9 Å². The molecule has 3 aromatic carbocycles. The molecule has 0 aliphatic rings. The molecule has 0 radical (unpaired) electrons. The maximum atomic E-state index is 12.8. The zero-order valence-corrected chi connectivity index (χ0v) is 21.2. The van der Waals surface area contributed by atoms with Crippen LogP contribution in [0.4, 0.5) is 11.4 Å². The standard InChI is InChI=1S/C24H25BrN4O3S/c1-17-5-12-21(13-6-17)33(31,32)29(4)20-10-8-19(9-11-20)24(30)27-26-16-18-7-14-23(28(2)3)22(25)15-18/h5-16H,1-4H3,(H,27,30)/b26-16-. The summed E-state index contributed by atoms with van der Waals surface area (Å²) in [7, 11) is 1.69. The van der Waals surface area contributed by atoms with Crippen LogP contribution in [0.5, 0.6) is 0 Å². The first kappa shape index (κ1) is 24.5. The summed E-state index contributed by atoms with van der Waals surface area (Å²) in [5, 5.41) is 4.01. The Morgan fingerprint density at radius 1 is 0.970 bits per heavy atom. The van der Waals surface area contributed by atoms with Gasteiger partial charge in [0.1, 0.15) is 0 Å². The molecule has 3 rings (SSSR count). The Kier molecular flexibility index (Phi) is 7.55. The number of nitrogens with one attached hydrogen (secondary N) is 1. The summed E-state index contributed by atoms with van der Waals surface area (Å²) in [6.45, 7) is 1.90. The number of hydrogen-bond acceptors (Lipinski definition) is 5. The Bertz CT molecular complexity index is 1270. The third kappa shape index (κ3) is 5.80. The number of halogens is 1. The summed E-state index contributed by atoms with van der Waals surface area (Å²) in [4.78, 5) is 14.6. The van der Waals surface area contributed by atoms with Crippen molar-refractivity contribution in [2.24, 2.45) is 5.10 Å². The van der Waals surface area contributed by atoms with E-state index in [0.29, 0.717) is 11.3 Å². The number of aryl methyl sites for hydroxylation is 1. The molecule has 0 saturated carbocycles. The van der Waals surface area contributed by atoms with Crippen LogP contribution in [0.25, 0.3) is 0 Å². The molecule has 1 N–H and O–H groups in total. The highest BCUT2D eigenvalue weighted by Crippen LogP contribution is 2.25. The van der Waals surface area contributed by atoms with Crippen molar-refractivity contribution in [1.29, 1.82) is 0 Å². The van der Waals surface area contributed by atoms with Crippen molar-refractivity contribution in [3.63, 3.8) is 0 Å². The fourth-order valence-electron chi connectivity index (χ4n) is 3.03. The van der Waals surface area contributed by atoms with Crippen molar-refractivity contribution in [2.75, 3.05) is 30.3 Å². The number of benzene rings is 3. The lowest BCUT2D eigenvalue weighted by Crippen LogP contribution is -2.26. The Balaban J connectivity index is 1.67. The molecule has 3 aromatic rings. The first-order valence-electron chi connectivity index (χ1n) is 10.1. The number of nitrogens with zero attached hydrogens (tertiary/aromatic N) is 3. The van der Waals surface area contributed by atoms with E-state index in [0.717, 1.165) is 21.3 Å². The van der Waals surface area contributed by atoms with Gasteiger partial charge in [-0.1, -0.05) is 23.8 Å². The van der Waals surface area contributed by atoms with E-state index in [2.05, 4.69) is 26.5 Å². The molecule has 0 atom stereocenters. The van der Waals surface area contributed by atoms with Gasteiger partial charge in [0.05, 0.1) is 22.5 Å². The molecule has 0 unspecified atom stereocenters. The number of rotatable bonds is 7. The molecule has 0 aliphatic carbocycles. The number of carbonyl (C=O) groups excluding carboxylic acids is 1. The van der Waals surface area contributed by atoms with E-state index in [1.165, 1.54) is 11.4 Å². The molecule has 0 saturated heterocycles. The van der Waals surface area contributed by atoms with Gasteiger partial charge in [-0.3, -0.25) is 9.10 Å². The lowest BCUT2D eigenvalue weighted by atomic mass is 10.2. The second kappa shape index (κ2) is 10.2. The fraction of sp³-hybridized carbons (Fsp3) is 0.167. The van der Waals surface area contributed by atoms with E-state index in [4.69, 9.17) is 0 Å². The summed E-state index contributed by atoms with van der Waals surface area (Å²) in [5.74, 6) is -0.397. The fourth-order valence-corrected chi connectivity index (χ4v) is 4.97. The van der Waals surface area contributed by atoms with E-state index >= 15 is 0 Å². The van der Waals surface area contributed by atoms with Crippen LogP contribution in [0.3, 0.4) is 0 Å². The van der Waals surface area contributed by atoms with Gasteiger partial charge in [0.25, 0.3) is 15.9 Å². The van der Waals surface area contributed by atoms with Crippen LogP contribution in [0.2, 0.25) is 0 Å². The zero-order valence-electron chi connectivity index (χ0n) is 18.8. The van der Waals surface area contributed by atoms with Crippen molar-refractivity contribution in [1.82, 2.24) is 5.43 Å². The average molecular weight is 529 g/mol. The van der Waals surface area contributed by atoms with Gasteiger partial charge in [0, 0.05) is 31.2 Å². The number of anilines is 2. The normalized spacial score (nSPS) is 11.4. The van der Waals surface area contributed by atoms with E-state index in [1.807, 2.05) is 44.1 Å². The number of amides is 1. The molecule has 7 nitrogen and oxygen atoms in total. The zero-order chi connectivity index (χ0) is 24.2. The molecular formula is C24H25BrN4O3S. The molecule has 1 amide bonds. The predicted molar refractivity (Wildman–Crippen MR) is 137 cm³/mol. The van der Waals surface area contributed by atoms with Crippen molar-refractivity contribution in [2.45, 2.75) is 11.8 Å². The minimum absolute atomic E-state index is 0.206. The Morgan fingerprint density at radius 3 is 2.18 bits per heavy atom. The predicted octanol–water partition coefficient (Wildman–Crippen LogP) is 4.41. The van der Waals surface area contributed by atoms with Gasteiger partial charge in [-0.25, -0.2) is 13.8 Å². The second-order valence-electron chi connectivity index (χ2n) is 7.64. The lowest BCUT2D eigenvalue weighted by molar-refractivity contribution is 0.0955. The smallest absolute Gasteiger partial charge is 0.271 e. The summed E-state index contributed by atoms with van der Waals surface area (Å²) in [6, 6.07) is 18.7. The van der Waals surface area contributed by atoms with Gasteiger partial charge in [0.15, 0.2) is 0 Å². The highest BCUT2D eigenvalue weighted by atomic mass is 79.9. The topological polar surface area (TPSA) is 82.1 Å². The molecule has 33 heavy (non-hydrogen) atoms. The summed E-state index contributed by atoms with van der Waals surface area (Å²) in [5.41, 5.74) is 6.13. The van der Waals surface area contributed by atoms with Gasteiger partial charge in [-0.2, -0.15) is 5.10 Å². The third-order valence-corrected chi connectivity index (χ3v) is 7.44. The number of hydrazone groups is 1. The first-order valence-corrected chi connectivity index (χ1v) is 12.3. The maximum absolute atomic E-state index is 12.8. The van der Waals surface area contributed by atoms with Crippen LogP contribution in [-0.2, 0) is 10.0 Å². The Hall–Kier alpha value is -3.17. The molecule has 0 spiro atoms. The van der Waals surface area contributed by atoms with Gasteiger partial charge < -0.3 is 4.90 Å². The van der Waals surface area contributed by atoms with Crippen LogP contribution >= 0.6 is 15.9 Å². The Morgan fingerprint density at radius 2 is 1.61 bits per heavy atom. The van der Waals surface area contributed by atoms with Crippen LogP contribution in [-0.4, -0.2) is 41.7 Å². The van der Waals surface area contributed by atoms with Gasteiger partial charge in [-0.15, -0.1) is 0 Å². The van der Waals surface area contributed by atoms with Crippen molar-refractivity contribution in [3.05, 3.63) is 87.9 Å². The van der Waals surface area contributed by atoms with Gasteiger partial charge in [0.2, 0.25) is 0 Å². The van der Waals surface area contributed by atoms with E-state index in [1.54, 1.807) is 54.7 Å². The van der Waals surface area contributed by atoms with Crippen LogP contribution < -0.4 is 14.6 Å². The third-order valence-electron chi connectivity index (χ3n) is 5.01. The highest BCUT2D eigenvalue weighted by molar-refractivity contribution is 9.10. The van der Waals surface area contributed by atoms with Crippen molar-refractivity contribution >= 4 is 49.4 Å². The van der Waals surface area contributed by atoms with Crippen molar-refractivity contribution < 1.29 is 13.2 Å². The molecule has 0 aromatic heterocycles. The largest absolute Gasteiger partial charge is 0.377 e. The maximum Gasteiger partial charge on any atom is 0.271 e. The molecule has 0 bridgehead atoms. The van der Waals surface area contributed by atoms with E-state index in [9.17, 15) is 13.2 Å². The van der Waals surface area contributed by atoms with Crippen LogP contribution in [0.15, 0.2) is 81.2 Å². The molecule has 0 fully saturated rings. The molecular weight excluding hydrogens is 504 g/mol. The number of carbonyl (C=O) groups is 1. The lowest BCUT2D eigenvalue weighted by Gasteiger charge is -2.19. The molecule has 172 valence electrons. The molecule has 0 heterocycles. The Labute approximate surface area is 202 Å². The van der Waals surface area contributed by atoms with Crippen LogP contribution in [0, 0.1) is 6.92 Å². The first-order chi connectivity index (χ1) is 15.6. The quantitative estimate of drug-likeness (QED) is 0.363. The molecule has 0 aliphatic heterocycles. The second-order valence-corrected chi connectivity index (χ2v) is 10.5. The SMILES string of the molecule is Cc1ccc(S(=O)(=O)N(C)c2ccc(C(=O)N/N=C\c3ccc(N(C)C)c(Br)c3)cc2)cc1. The summed E-state index contributed by atoms with van der Waals surface area (Å²) in [6.07, 6.45) is 1.55. The average Bonchev–Trinajstić information content (AvgIpc) is 2.78. The minimum atomic E-state index is -3.70. The molecule has 9 heteroatoms. The monoisotopic (exact) mass is 528 g/mol. The van der Waals surface area contributed by atoms with Crippen molar-refractivity contribution in [3.8, 4) is 0 Å².